The van der Waals surface area contributed by atoms with Crippen molar-refractivity contribution >= 4 is 28.2 Å². The molecule has 8 heteroatoms. The Hall–Kier alpha value is -3.36. The van der Waals surface area contributed by atoms with Crippen molar-refractivity contribution in [2.24, 2.45) is 0 Å². The third-order valence-electron chi connectivity index (χ3n) is 5.84. The Morgan fingerprint density at radius 3 is 2.76 bits per heavy atom. The van der Waals surface area contributed by atoms with Crippen LogP contribution in [0.2, 0.25) is 0 Å². The number of anilines is 1. The summed E-state index contributed by atoms with van der Waals surface area (Å²) in [7, 11) is 2.10. The van der Waals surface area contributed by atoms with Crippen molar-refractivity contribution in [2.75, 3.05) is 25.5 Å². The van der Waals surface area contributed by atoms with Gasteiger partial charge < -0.3 is 25.0 Å². The van der Waals surface area contributed by atoms with Gasteiger partial charge in [-0.3, -0.25) is 4.79 Å². The van der Waals surface area contributed by atoms with Crippen LogP contribution >= 0.6 is 11.3 Å². The van der Waals surface area contributed by atoms with Crippen LogP contribution in [0, 0.1) is 0 Å². The minimum atomic E-state index is -0.452. The Bertz CT molecular complexity index is 1210. The molecule has 170 valence electrons. The van der Waals surface area contributed by atoms with E-state index in [-0.39, 0.29) is 5.91 Å². The molecular weight excluding hydrogens is 438 g/mol. The Morgan fingerprint density at radius 2 is 1.97 bits per heavy atom. The number of nitrogens with zero attached hydrogens (tertiary/aromatic N) is 1. The summed E-state index contributed by atoms with van der Waals surface area (Å²) < 4.78 is 11.4. The van der Waals surface area contributed by atoms with E-state index in [1.165, 1.54) is 4.88 Å². The number of nitrogens with one attached hydrogen (secondary N) is 2. The topological polar surface area (TPSA) is 79.9 Å². The second-order valence-corrected chi connectivity index (χ2v) is 9.25. The summed E-state index contributed by atoms with van der Waals surface area (Å²) in [6.07, 6.45) is 0.480. The second kappa shape index (κ2) is 8.88. The van der Waals surface area contributed by atoms with E-state index < -0.39 is 12.1 Å². The van der Waals surface area contributed by atoms with Gasteiger partial charge in [-0.1, -0.05) is 24.3 Å². The number of likely N-dealkylation sites (N-methyl/N-ethyl adjacent to an activating group) is 1. The molecule has 2 aromatic carbocycles. The van der Waals surface area contributed by atoms with Crippen molar-refractivity contribution in [1.82, 2.24) is 10.2 Å². The number of thiophene rings is 1. The number of carbonyl (C=O) groups is 2. The highest BCUT2D eigenvalue weighted by Gasteiger charge is 2.33. The van der Waals surface area contributed by atoms with Crippen LogP contribution in [0.1, 0.15) is 49.8 Å². The van der Waals surface area contributed by atoms with Crippen LogP contribution in [0.4, 0.5) is 5.00 Å². The first-order valence-electron chi connectivity index (χ1n) is 11.0. The molecule has 0 saturated carbocycles. The minimum Gasteiger partial charge on any atom is -0.490 e. The third kappa shape index (κ3) is 4.19. The largest absolute Gasteiger partial charge is 0.490 e. The molecule has 0 spiro atoms. The normalized spacial score (nSPS) is 17.4. The van der Waals surface area contributed by atoms with Gasteiger partial charge in [-0.25, -0.2) is 4.79 Å². The summed E-state index contributed by atoms with van der Waals surface area (Å²) in [5.74, 6) is 0.278. The SMILES string of the molecule is CCOc1cc([C@@H]2NC(=O)c3c(sc4c3CCN(C)C4)N2)ccc1OC(=O)c1ccccc1. The summed E-state index contributed by atoms with van der Waals surface area (Å²) in [5.41, 5.74) is 3.22. The lowest BCUT2D eigenvalue weighted by atomic mass is 10.0. The van der Waals surface area contributed by atoms with E-state index >= 15 is 0 Å². The van der Waals surface area contributed by atoms with Crippen LogP contribution in [-0.2, 0) is 13.0 Å². The Labute approximate surface area is 196 Å². The third-order valence-corrected chi connectivity index (χ3v) is 6.99. The van der Waals surface area contributed by atoms with Crippen LogP contribution in [0.15, 0.2) is 48.5 Å². The van der Waals surface area contributed by atoms with E-state index in [1.807, 2.05) is 19.1 Å². The zero-order valence-corrected chi connectivity index (χ0v) is 19.3. The first-order valence-corrected chi connectivity index (χ1v) is 11.8. The molecule has 1 aromatic heterocycles. The highest BCUT2D eigenvalue weighted by atomic mass is 32.1. The molecule has 0 fully saturated rings. The number of hydrogen-bond donors (Lipinski definition) is 2. The molecule has 2 N–H and O–H groups in total. The summed E-state index contributed by atoms with van der Waals surface area (Å²) >= 11 is 1.65. The number of amides is 1. The highest BCUT2D eigenvalue weighted by molar-refractivity contribution is 7.16. The van der Waals surface area contributed by atoms with Crippen molar-refractivity contribution in [2.45, 2.75) is 26.1 Å². The standard InChI is InChI=1S/C25H25N3O4S/c1-3-31-19-13-16(9-10-18(19)32-25(30)15-7-5-4-6-8-15)22-26-23(29)21-17-11-12-28(2)14-20(17)33-24(21)27-22/h4-10,13,22,27H,3,11-12,14H2,1-2H3,(H,26,29)/t22-/m1/s1. The molecule has 0 radical (unpaired) electrons. The highest BCUT2D eigenvalue weighted by Crippen LogP contribution is 2.41. The fourth-order valence-corrected chi connectivity index (χ4v) is 5.55. The molecule has 3 heterocycles. The molecule has 0 unspecified atom stereocenters. The predicted octanol–water partition coefficient (Wildman–Crippen LogP) is 4.21. The van der Waals surface area contributed by atoms with Crippen LogP contribution in [0.25, 0.3) is 0 Å². The first-order chi connectivity index (χ1) is 16.0. The van der Waals surface area contributed by atoms with Gasteiger partial charge >= 0.3 is 5.97 Å². The van der Waals surface area contributed by atoms with Gasteiger partial charge in [-0.05, 0) is 55.8 Å². The summed E-state index contributed by atoms with van der Waals surface area (Å²) in [5, 5.41) is 7.45. The average molecular weight is 464 g/mol. The Kier molecular flexibility index (Phi) is 5.78. The molecule has 3 aromatic rings. The van der Waals surface area contributed by atoms with Crippen molar-refractivity contribution < 1.29 is 19.1 Å². The Morgan fingerprint density at radius 1 is 1.15 bits per heavy atom. The van der Waals surface area contributed by atoms with Crippen LogP contribution in [-0.4, -0.2) is 37.0 Å². The molecule has 1 amide bonds. The maximum Gasteiger partial charge on any atom is 0.343 e. The van der Waals surface area contributed by atoms with E-state index in [0.29, 0.717) is 23.7 Å². The number of benzene rings is 2. The second-order valence-electron chi connectivity index (χ2n) is 8.14. The van der Waals surface area contributed by atoms with Gasteiger partial charge in [0, 0.05) is 18.0 Å². The number of fused-ring (bicyclic) bond motifs is 3. The van der Waals surface area contributed by atoms with Gasteiger partial charge in [-0.2, -0.15) is 0 Å². The van der Waals surface area contributed by atoms with Crippen LogP contribution in [0.3, 0.4) is 0 Å². The molecule has 33 heavy (non-hydrogen) atoms. The van der Waals surface area contributed by atoms with Crippen molar-refractivity contribution in [1.29, 1.82) is 0 Å². The summed E-state index contributed by atoms with van der Waals surface area (Å²) in [6, 6.07) is 14.2. The van der Waals surface area contributed by atoms with Crippen LogP contribution < -0.4 is 20.1 Å². The fourth-order valence-electron chi connectivity index (χ4n) is 4.20. The van der Waals surface area contributed by atoms with Gasteiger partial charge in [0.25, 0.3) is 5.91 Å². The summed E-state index contributed by atoms with van der Waals surface area (Å²) in [4.78, 5) is 29.0. The Balaban J connectivity index is 1.40. The summed E-state index contributed by atoms with van der Waals surface area (Å²) in [6.45, 7) is 4.10. The molecule has 2 aliphatic rings. The van der Waals surface area contributed by atoms with Gasteiger partial charge in [0.1, 0.15) is 11.2 Å². The van der Waals surface area contributed by atoms with E-state index in [9.17, 15) is 9.59 Å². The van der Waals surface area contributed by atoms with E-state index in [2.05, 4.69) is 22.6 Å². The zero-order chi connectivity index (χ0) is 22.9. The van der Waals surface area contributed by atoms with Gasteiger partial charge in [0.2, 0.25) is 0 Å². The zero-order valence-electron chi connectivity index (χ0n) is 18.5. The van der Waals surface area contributed by atoms with Gasteiger partial charge in [-0.15, -0.1) is 11.3 Å². The maximum atomic E-state index is 13.0. The van der Waals surface area contributed by atoms with E-state index in [4.69, 9.17) is 9.47 Å². The maximum absolute atomic E-state index is 13.0. The number of esters is 1. The molecule has 0 aliphatic carbocycles. The van der Waals surface area contributed by atoms with Crippen molar-refractivity contribution in [3.05, 3.63) is 75.7 Å². The fraction of sp³-hybridized carbons (Fsp3) is 0.280. The lowest BCUT2D eigenvalue weighted by molar-refractivity contribution is 0.0728. The lowest BCUT2D eigenvalue weighted by Crippen LogP contribution is -2.38. The molecule has 0 saturated heterocycles. The van der Waals surface area contributed by atoms with Crippen LogP contribution in [0.5, 0.6) is 11.5 Å². The van der Waals surface area contributed by atoms with E-state index in [0.717, 1.165) is 41.2 Å². The first kappa shape index (κ1) is 21.5. The lowest BCUT2D eigenvalue weighted by Gasteiger charge is -2.27. The molecule has 5 rings (SSSR count). The average Bonchev–Trinajstić information content (AvgIpc) is 3.18. The van der Waals surface area contributed by atoms with E-state index in [1.54, 1.807) is 47.7 Å². The molecular formula is C25H25N3O4S. The molecule has 7 nitrogen and oxygen atoms in total. The molecule has 1 atom stereocenters. The quantitative estimate of drug-likeness (QED) is 0.436. The molecule has 0 bridgehead atoms. The number of ether oxygens (including phenoxy) is 2. The number of hydrogen-bond acceptors (Lipinski definition) is 7. The predicted molar refractivity (Wildman–Crippen MR) is 127 cm³/mol. The monoisotopic (exact) mass is 463 g/mol. The van der Waals surface area contributed by atoms with Crippen molar-refractivity contribution in [3.8, 4) is 11.5 Å². The van der Waals surface area contributed by atoms with Gasteiger partial charge in [0.15, 0.2) is 11.5 Å². The van der Waals surface area contributed by atoms with Crippen molar-refractivity contribution in [3.63, 3.8) is 0 Å². The minimum absolute atomic E-state index is 0.0617. The molecule has 2 aliphatic heterocycles. The number of carbonyl (C=O) groups excluding carboxylic acids is 2. The smallest absolute Gasteiger partial charge is 0.343 e. The number of rotatable bonds is 5. The van der Waals surface area contributed by atoms with Gasteiger partial charge in [0.05, 0.1) is 17.7 Å².